The third-order valence-electron chi connectivity index (χ3n) is 4.19. The molecule has 3 rings (SSSR count). The Bertz CT molecular complexity index is 492. The Morgan fingerprint density at radius 2 is 2.00 bits per heavy atom. The second-order valence-corrected chi connectivity index (χ2v) is 6.05. The number of hydrogen-bond donors (Lipinski definition) is 1. The average molecular weight is 293 g/mol. The molecule has 1 saturated heterocycles. The Morgan fingerprint density at radius 3 is 2.65 bits per heavy atom. The van der Waals surface area contributed by atoms with Gasteiger partial charge < -0.3 is 10.2 Å². The molecule has 3 heteroatoms. The molecule has 0 bridgehead atoms. The minimum absolute atomic E-state index is 0.466. The van der Waals surface area contributed by atoms with Gasteiger partial charge in [0, 0.05) is 41.5 Å². The van der Waals surface area contributed by atoms with Crippen molar-refractivity contribution in [1.82, 2.24) is 5.32 Å². The Morgan fingerprint density at radius 1 is 1.30 bits per heavy atom. The van der Waals surface area contributed by atoms with Gasteiger partial charge in [-0.25, -0.2) is 0 Å². The molecular formula is C17H25ClN2. The number of halogens is 1. The summed E-state index contributed by atoms with van der Waals surface area (Å²) in [5.41, 5.74) is 3.97. The molecule has 0 aromatic heterocycles. The number of rotatable bonds is 1. The van der Waals surface area contributed by atoms with E-state index in [2.05, 4.69) is 29.8 Å². The molecule has 110 valence electrons. The molecule has 0 amide bonds. The lowest BCUT2D eigenvalue weighted by Gasteiger charge is -2.29. The highest BCUT2D eigenvalue weighted by Crippen LogP contribution is 2.48. The summed E-state index contributed by atoms with van der Waals surface area (Å²) in [5, 5.41) is 4.34. The van der Waals surface area contributed by atoms with Crippen molar-refractivity contribution in [2.45, 2.75) is 33.6 Å². The molecule has 0 radical (unpaired) electrons. The molecule has 1 aromatic rings. The molecular weight excluding hydrogens is 268 g/mol. The van der Waals surface area contributed by atoms with Crippen LogP contribution in [0.3, 0.4) is 0 Å². The third-order valence-corrected chi connectivity index (χ3v) is 4.60. The summed E-state index contributed by atoms with van der Waals surface area (Å²) in [5.74, 6) is 0. The van der Waals surface area contributed by atoms with Gasteiger partial charge in [0.25, 0.3) is 0 Å². The van der Waals surface area contributed by atoms with Gasteiger partial charge in [0.05, 0.1) is 0 Å². The van der Waals surface area contributed by atoms with Crippen LogP contribution in [0.25, 0.3) is 0 Å². The van der Waals surface area contributed by atoms with E-state index in [4.69, 9.17) is 11.6 Å². The fourth-order valence-electron chi connectivity index (χ4n) is 2.73. The quantitative estimate of drug-likeness (QED) is 0.826. The summed E-state index contributed by atoms with van der Waals surface area (Å²) >= 11 is 6.24. The zero-order chi connectivity index (χ0) is 14.8. The van der Waals surface area contributed by atoms with Crippen LogP contribution in [0.15, 0.2) is 30.5 Å². The predicted octanol–water partition coefficient (Wildman–Crippen LogP) is 4.38. The second kappa shape index (κ2) is 6.19. The maximum atomic E-state index is 6.24. The molecule has 1 saturated carbocycles. The summed E-state index contributed by atoms with van der Waals surface area (Å²) in [6.07, 6.45) is 2.65. The molecule has 0 unspecified atom stereocenters. The standard InChI is InChI=1S/C15H19ClN2.C2H6/c1-11-8-17-9-15(6-7-15)10-18(11)14-5-3-4-13(16)12(14)2;1-2/h3-5,17H,1,6-10H2,2H3;1-2H3. The van der Waals surface area contributed by atoms with Crippen LogP contribution in [-0.4, -0.2) is 19.6 Å². The van der Waals surface area contributed by atoms with Gasteiger partial charge in [0.15, 0.2) is 0 Å². The molecule has 1 aliphatic heterocycles. The van der Waals surface area contributed by atoms with Gasteiger partial charge in [0.1, 0.15) is 0 Å². The van der Waals surface area contributed by atoms with Gasteiger partial charge in [-0.2, -0.15) is 0 Å². The first-order valence-electron chi connectivity index (χ1n) is 7.52. The average Bonchev–Trinajstić information content (AvgIpc) is 3.24. The highest BCUT2D eigenvalue weighted by atomic mass is 35.5. The van der Waals surface area contributed by atoms with Crippen molar-refractivity contribution in [2.24, 2.45) is 5.41 Å². The summed E-state index contributed by atoms with van der Waals surface area (Å²) in [7, 11) is 0. The highest BCUT2D eigenvalue weighted by molar-refractivity contribution is 6.31. The smallest absolute Gasteiger partial charge is 0.0455 e. The van der Waals surface area contributed by atoms with E-state index < -0.39 is 0 Å². The van der Waals surface area contributed by atoms with E-state index in [0.29, 0.717) is 5.41 Å². The lowest BCUT2D eigenvalue weighted by molar-refractivity contribution is 0.501. The van der Waals surface area contributed by atoms with Crippen molar-refractivity contribution in [3.63, 3.8) is 0 Å². The number of nitrogens with zero attached hydrogens (tertiary/aromatic N) is 1. The minimum Gasteiger partial charge on any atom is -0.344 e. The first-order valence-corrected chi connectivity index (χ1v) is 7.90. The molecule has 0 atom stereocenters. The minimum atomic E-state index is 0.466. The van der Waals surface area contributed by atoms with Crippen LogP contribution in [0, 0.1) is 12.3 Å². The van der Waals surface area contributed by atoms with E-state index in [0.717, 1.165) is 35.9 Å². The largest absolute Gasteiger partial charge is 0.344 e. The molecule has 1 N–H and O–H groups in total. The fraction of sp³-hybridized carbons (Fsp3) is 0.529. The van der Waals surface area contributed by atoms with Crippen LogP contribution in [0.2, 0.25) is 5.02 Å². The fourth-order valence-corrected chi connectivity index (χ4v) is 2.90. The number of nitrogens with one attached hydrogen (secondary N) is 1. The lowest BCUT2D eigenvalue weighted by atomic mass is 10.1. The first kappa shape index (κ1) is 15.4. The van der Waals surface area contributed by atoms with Crippen molar-refractivity contribution in [3.8, 4) is 0 Å². The van der Waals surface area contributed by atoms with Gasteiger partial charge in [0.2, 0.25) is 0 Å². The Hall–Kier alpha value is -0.990. The van der Waals surface area contributed by atoms with Crippen LogP contribution < -0.4 is 10.2 Å². The van der Waals surface area contributed by atoms with Crippen molar-refractivity contribution in [1.29, 1.82) is 0 Å². The Labute approximate surface area is 127 Å². The van der Waals surface area contributed by atoms with E-state index in [9.17, 15) is 0 Å². The molecule has 1 heterocycles. The summed E-state index contributed by atoms with van der Waals surface area (Å²) in [6, 6.07) is 6.12. The third kappa shape index (κ3) is 3.02. The second-order valence-electron chi connectivity index (χ2n) is 5.64. The van der Waals surface area contributed by atoms with E-state index in [1.165, 1.54) is 18.5 Å². The van der Waals surface area contributed by atoms with Crippen LogP contribution >= 0.6 is 11.6 Å². The van der Waals surface area contributed by atoms with Crippen LogP contribution in [0.4, 0.5) is 5.69 Å². The summed E-state index contributed by atoms with van der Waals surface area (Å²) in [4.78, 5) is 2.36. The van der Waals surface area contributed by atoms with E-state index in [-0.39, 0.29) is 0 Å². The van der Waals surface area contributed by atoms with E-state index >= 15 is 0 Å². The van der Waals surface area contributed by atoms with Gasteiger partial charge in [-0.05, 0) is 37.5 Å². The lowest BCUT2D eigenvalue weighted by Crippen LogP contribution is -2.29. The normalized spacial score (nSPS) is 20.2. The SMILES string of the molecule is C=C1CNCC2(CC2)CN1c1cccc(Cl)c1C.CC. The molecule has 2 aliphatic rings. The molecule has 1 spiro atoms. The molecule has 2 nitrogen and oxygen atoms in total. The number of hydrogen-bond acceptors (Lipinski definition) is 2. The molecule has 1 aromatic carbocycles. The maximum Gasteiger partial charge on any atom is 0.0455 e. The van der Waals surface area contributed by atoms with E-state index in [1.807, 2.05) is 26.0 Å². The predicted molar refractivity (Wildman–Crippen MR) is 88.6 cm³/mol. The van der Waals surface area contributed by atoms with Crippen molar-refractivity contribution >= 4 is 17.3 Å². The zero-order valence-corrected chi connectivity index (χ0v) is 13.6. The number of anilines is 1. The highest BCUT2D eigenvalue weighted by Gasteiger charge is 2.45. The first-order chi connectivity index (χ1) is 9.61. The Kier molecular flexibility index (Phi) is 4.77. The van der Waals surface area contributed by atoms with Gasteiger partial charge in [-0.3, -0.25) is 0 Å². The maximum absolute atomic E-state index is 6.24. The van der Waals surface area contributed by atoms with E-state index in [1.54, 1.807) is 0 Å². The topological polar surface area (TPSA) is 15.3 Å². The van der Waals surface area contributed by atoms with Crippen LogP contribution in [0.5, 0.6) is 0 Å². The zero-order valence-electron chi connectivity index (χ0n) is 12.8. The van der Waals surface area contributed by atoms with Gasteiger partial charge >= 0.3 is 0 Å². The van der Waals surface area contributed by atoms with Crippen molar-refractivity contribution < 1.29 is 0 Å². The molecule has 2 fully saturated rings. The van der Waals surface area contributed by atoms with Crippen LogP contribution in [0.1, 0.15) is 32.3 Å². The van der Waals surface area contributed by atoms with Crippen LogP contribution in [-0.2, 0) is 0 Å². The van der Waals surface area contributed by atoms with Gasteiger partial charge in [-0.1, -0.05) is 38.1 Å². The van der Waals surface area contributed by atoms with Crippen molar-refractivity contribution in [3.05, 3.63) is 41.1 Å². The molecule has 20 heavy (non-hydrogen) atoms. The molecule has 1 aliphatic carbocycles. The summed E-state index contributed by atoms with van der Waals surface area (Å²) in [6.45, 7) is 13.4. The summed E-state index contributed by atoms with van der Waals surface area (Å²) < 4.78 is 0. The Balaban J connectivity index is 0.000000704. The number of benzene rings is 1. The van der Waals surface area contributed by atoms with Gasteiger partial charge in [-0.15, -0.1) is 0 Å². The van der Waals surface area contributed by atoms with Crippen molar-refractivity contribution in [2.75, 3.05) is 24.5 Å². The monoisotopic (exact) mass is 292 g/mol.